The molecule has 1 rings (SSSR count). The van der Waals surface area contributed by atoms with Crippen molar-refractivity contribution < 1.29 is 0 Å². The van der Waals surface area contributed by atoms with Crippen molar-refractivity contribution in [2.24, 2.45) is 0 Å². The van der Waals surface area contributed by atoms with Crippen LogP contribution in [0.4, 0.5) is 5.82 Å². The van der Waals surface area contributed by atoms with Gasteiger partial charge < -0.3 is 5.73 Å². The molecule has 0 fully saturated rings. The maximum atomic E-state index is 5.84. The van der Waals surface area contributed by atoms with E-state index in [9.17, 15) is 0 Å². The van der Waals surface area contributed by atoms with Gasteiger partial charge in [0.25, 0.3) is 0 Å². The van der Waals surface area contributed by atoms with Crippen molar-refractivity contribution in [3.05, 3.63) is 17.1 Å². The van der Waals surface area contributed by atoms with Gasteiger partial charge in [-0.2, -0.15) is 11.8 Å². The van der Waals surface area contributed by atoms with Crippen LogP contribution in [0.15, 0.2) is 0 Å². The maximum Gasteiger partial charge on any atom is 0.140 e. The van der Waals surface area contributed by atoms with Crippen molar-refractivity contribution in [1.29, 1.82) is 0 Å². The molecule has 84 valence electrons. The fourth-order valence-corrected chi connectivity index (χ4v) is 1.90. The molecule has 4 heteroatoms. The van der Waals surface area contributed by atoms with Crippen LogP contribution in [-0.2, 0) is 12.2 Å². The molecule has 0 bridgehead atoms. The minimum atomic E-state index is 0.598. The summed E-state index contributed by atoms with van der Waals surface area (Å²) < 4.78 is 0. The van der Waals surface area contributed by atoms with Gasteiger partial charge in [0, 0.05) is 11.3 Å². The van der Waals surface area contributed by atoms with Crippen molar-refractivity contribution in [2.75, 3.05) is 5.73 Å². The second-order valence-electron chi connectivity index (χ2n) is 3.81. The van der Waals surface area contributed by atoms with Gasteiger partial charge in [-0.25, -0.2) is 9.97 Å². The van der Waals surface area contributed by atoms with Gasteiger partial charge in [-0.3, -0.25) is 0 Å². The van der Waals surface area contributed by atoms with Gasteiger partial charge >= 0.3 is 0 Å². The van der Waals surface area contributed by atoms with E-state index in [0.717, 1.165) is 29.3 Å². The Bertz CT molecular complexity index is 337. The van der Waals surface area contributed by atoms with Gasteiger partial charge in [0.2, 0.25) is 0 Å². The largest absolute Gasteiger partial charge is 0.383 e. The van der Waals surface area contributed by atoms with Gasteiger partial charge in [-0.1, -0.05) is 20.8 Å². The third-order valence-corrected chi connectivity index (χ3v) is 3.30. The molecule has 0 unspecified atom stereocenters. The Labute approximate surface area is 95.9 Å². The van der Waals surface area contributed by atoms with E-state index in [1.807, 2.05) is 18.7 Å². The summed E-state index contributed by atoms with van der Waals surface area (Å²) in [6, 6.07) is 0. The topological polar surface area (TPSA) is 51.8 Å². The van der Waals surface area contributed by atoms with E-state index in [0.29, 0.717) is 11.1 Å². The lowest BCUT2D eigenvalue weighted by molar-refractivity contribution is 0.922. The van der Waals surface area contributed by atoms with Gasteiger partial charge in [0.1, 0.15) is 11.6 Å². The predicted octanol–water partition coefficient (Wildman–Crippen LogP) is 2.57. The summed E-state index contributed by atoms with van der Waals surface area (Å²) in [6.45, 7) is 8.41. The first kappa shape index (κ1) is 12.3. The summed E-state index contributed by atoms with van der Waals surface area (Å²) in [7, 11) is 0. The van der Waals surface area contributed by atoms with E-state index in [4.69, 9.17) is 5.73 Å². The Kier molecular flexibility index (Phi) is 4.39. The molecule has 0 aliphatic rings. The maximum absolute atomic E-state index is 5.84. The zero-order valence-corrected chi connectivity index (χ0v) is 10.7. The zero-order chi connectivity index (χ0) is 11.4. The molecule has 2 N–H and O–H groups in total. The zero-order valence-electron chi connectivity index (χ0n) is 9.87. The van der Waals surface area contributed by atoms with Gasteiger partial charge in [0.05, 0.1) is 5.75 Å². The summed E-state index contributed by atoms with van der Waals surface area (Å²) in [5.41, 5.74) is 7.94. The monoisotopic (exact) mass is 225 g/mol. The quantitative estimate of drug-likeness (QED) is 0.855. The minimum absolute atomic E-state index is 0.598. The molecule has 1 aromatic rings. The van der Waals surface area contributed by atoms with Crippen molar-refractivity contribution in [3.63, 3.8) is 0 Å². The standard InChI is InChI=1S/C11H19N3S/c1-5-9-8(4)11(12)14-10(13-9)6-15-7(2)3/h7H,5-6H2,1-4H3,(H2,12,13,14). The SMILES string of the molecule is CCc1nc(CSC(C)C)nc(N)c1C. The fourth-order valence-electron chi connectivity index (χ4n) is 1.29. The number of aromatic nitrogens is 2. The molecule has 0 saturated heterocycles. The number of nitrogens with zero attached hydrogens (tertiary/aromatic N) is 2. The van der Waals surface area contributed by atoms with Crippen LogP contribution in [0.5, 0.6) is 0 Å². The molecule has 0 saturated carbocycles. The van der Waals surface area contributed by atoms with Crippen LogP contribution in [0.3, 0.4) is 0 Å². The molecule has 0 atom stereocenters. The lowest BCUT2D eigenvalue weighted by atomic mass is 10.2. The number of anilines is 1. The third-order valence-electron chi connectivity index (χ3n) is 2.21. The first-order valence-electron chi connectivity index (χ1n) is 5.28. The molecule has 0 aliphatic carbocycles. The highest BCUT2D eigenvalue weighted by Gasteiger charge is 2.07. The summed E-state index contributed by atoms with van der Waals surface area (Å²) in [4.78, 5) is 8.81. The predicted molar refractivity (Wildman–Crippen MR) is 67.0 cm³/mol. The average Bonchev–Trinajstić information content (AvgIpc) is 2.19. The van der Waals surface area contributed by atoms with Crippen LogP contribution in [0, 0.1) is 6.92 Å². The molecule has 0 spiro atoms. The Morgan fingerprint density at radius 1 is 1.33 bits per heavy atom. The number of thioether (sulfide) groups is 1. The highest BCUT2D eigenvalue weighted by molar-refractivity contribution is 7.99. The number of hydrogen-bond donors (Lipinski definition) is 1. The number of rotatable bonds is 4. The Hall–Kier alpha value is -0.770. The summed E-state index contributed by atoms with van der Waals surface area (Å²) >= 11 is 1.84. The van der Waals surface area contributed by atoms with Crippen LogP contribution in [0.2, 0.25) is 0 Å². The first-order valence-corrected chi connectivity index (χ1v) is 6.33. The number of aryl methyl sites for hydroxylation is 1. The van der Waals surface area contributed by atoms with Crippen molar-refractivity contribution in [3.8, 4) is 0 Å². The van der Waals surface area contributed by atoms with Crippen molar-refractivity contribution in [1.82, 2.24) is 9.97 Å². The normalized spacial score (nSPS) is 11.0. The van der Waals surface area contributed by atoms with Crippen LogP contribution in [0.25, 0.3) is 0 Å². The number of nitrogen functional groups attached to an aromatic ring is 1. The Morgan fingerprint density at radius 2 is 2.00 bits per heavy atom. The average molecular weight is 225 g/mol. The fraction of sp³-hybridized carbons (Fsp3) is 0.636. The smallest absolute Gasteiger partial charge is 0.140 e. The molecule has 1 heterocycles. The molecular formula is C11H19N3S. The molecular weight excluding hydrogens is 206 g/mol. The minimum Gasteiger partial charge on any atom is -0.383 e. The lowest BCUT2D eigenvalue weighted by Crippen LogP contribution is -2.06. The van der Waals surface area contributed by atoms with Gasteiger partial charge in [-0.05, 0) is 18.6 Å². The number of hydrogen-bond acceptors (Lipinski definition) is 4. The summed E-state index contributed by atoms with van der Waals surface area (Å²) in [5.74, 6) is 2.32. The third kappa shape index (κ3) is 3.38. The Morgan fingerprint density at radius 3 is 2.53 bits per heavy atom. The first-order chi connectivity index (χ1) is 7.04. The molecule has 1 aromatic heterocycles. The van der Waals surface area contributed by atoms with Gasteiger partial charge in [0.15, 0.2) is 0 Å². The summed E-state index contributed by atoms with van der Waals surface area (Å²) in [5, 5.41) is 0.598. The van der Waals surface area contributed by atoms with Crippen molar-refractivity contribution >= 4 is 17.6 Å². The molecule has 0 aromatic carbocycles. The van der Waals surface area contributed by atoms with E-state index in [1.165, 1.54) is 0 Å². The van der Waals surface area contributed by atoms with Crippen LogP contribution >= 0.6 is 11.8 Å². The highest BCUT2D eigenvalue weighted by Crippen LogP contribution is 2.18. The molecule has 15 heavy (non-hydrogen) atoms. The molecule has 0 aliphatic heterocycles. The van der Waals surface area contributed by atoms with E-state index in [2.05, 4.69) is 30.7 Å². The van der Waals surface area contributed by atoms with Crippen LogP contribution < -0.4 is 5.73 Å². The van der Waals surface area contributed by atoms with Gasteiger partial charge in [-0.15, -0.1) is 0 Å². The van der Waals surface area contributed by atoms with E-state index in [1.54, 1.807) is 0 Å². The number of nitrogens with two attached hydrogens (primary N) is 1. The molecule has 3 nitrogen and oxygen atoms in total. The lowest BCUT2D eigenvalue weighted by Gasteiger charge is -2.09. The van der Waals surface area contributed by atoms with Crippen LogP contribution in [0.1, 0.15) is 37.9 Å². The highest BCUT2D eigenvalue weighted by atomic mass is 32.2. The van der Waals surface area contributed by atoms with E-state index in [-0.39, 0.29) is 0 Å². The molecule has 0 amide bonds. The summed E-state index contributed by atoms with van der Waals surface area (Å²) in [6.07, 6.45) is 0.915. The van der Waals surface area contributed by atoms with Crippen molar-refractivity contribution in [2.45, 2.75) is 45.1 Å². The second-order valence-corrected chi connectivity index (χ2v) is 5.37. The van der Waals surface area contributed by atoms with Crippen LogP contribution in [-0.4, -0.2) is 15.2 Å². The molecule has 0 radical (unpaired) electrons. The van der Waals surface area contributed by atoms with E-state index >= 15 is 0 Å². The Balaban J connectivity index is 2.86. The van der Waals surface area contributed by atoms with E-state index < -0.39 is 0 Å². The second kappa shape index (κ2) is 5.35.